The zero-order chi connectivity index (χ0) is 15.5. The first-order valence-electron chi connectivity index (χ1n) is 7.04. The minimum Gasteiger partial charge on any atom is -0.497 e. The number of nitrogens with two attached hydrogens (primary N) is 1. The number of hydrogen-bond acceptors (Lipinski definition) is 4. The zero-order valence-electron chi connectivity index (χ0n) is 12.4. The Balaban J connectivity index is 0.00000242. The Morgan fingerprint density at radius 2 is 2.05 bits per heavy atom. The number of benzene rings is 1. The van der Waals surface area contributed by atoms with Crippen LogP contribution in [0.15, 0.2) is 23.1 Å². The molecule has 2 atom stereocenters. The van der Waals surface area contributed by atoms with Gasteiger partial charge in [0.05, 0.1) is 12.1 Å². The van der Waals surface area contributed by atoms with E-state index in [0.717, 1.165) is 25.7 Å². The van der Waals surface area contributed by atoms with Gasteiger partial charge in [0.15, 0.2) is 0 Å². The van der Waals surface area contributed by atoms with Gasteiger partial charge in [0.25, 0.3) is 0 Å². The van der Waals surface area contributed by atoms with Crippen LogP contribution in [0.2, 0.25) is 5.02 Å². The van der Waals surface area contributed by atoms with E-state index in [4.69, 9.17) is 22.1 Å². The third-order valence-electron chi connectivity index (χ3n) is 3.95. The second-order valence-corrected chi connectivity index (χ2v) is 7.39. The van der Waals surface area contributed by atoms with Crippen LogP contribution in [-0.2, 0) is 10.0 Å². The summed E-state index contributed by atoms with van der Waals surface area (Å²) in [5.74, 6) is 0.636. The van der Waals surface area contributed by atoms with Crippen molar-refractivity contribution in [1.29, 1.82) is 0 Å². The van der Waals surface area contributed by atoms with Crippen molar-refractivity contribution in [3.63, 3.8) is 0 Å². The van der Waals surface area contributed by atoms with E-state index >= 15 is 0 Å². The number of sulfonamides is 1. The zero-order valence-corrected chi connectivity index (χ0v) is 14.8. The van der Waals surface area contributed by atoms with Gasteiger partial charge < -0.3 is 10.5 Å². The molecule has 5 nitrogen and oxygen atoms in total. The van der Waals surface area contributed by atoms with E-state index in [2.05, 4.69) is 4.72 Å². The molecule has 0 saturated heterocycles. The van der Waals surface area contributed by atoms with E-state index < -0.39 is 10.0 Å². The van der Waals surface area contributed by atoms with Gasteiger partial charge in [0.2, 0.25) is 10.0 Å². The van der Waals surface area contributed by atoms with Crippen molar-refractivity contribution in [2.75, 3.05) is 13.7 Å². The van der Waals surface area contributed by atoms with Crippen LogP contribution in [-0.4, -0.2) is 28.1 Å². The van der Waals surface area contributed by atoms with E-state index in [-0.39, 0.29) is 34.3 Å². The summed E-state index contributed by atoms with van der Waals surface area (Å²) in [6.07, 6.45) is 3.87. The summed E-state index contributed by atoms with van der Waals surface area (Å²) in [5.41, 5.74) is 5.75. The lowest BCUT2D eigenvalue weighted by atomic mass is 9.85. The largest absolute Gasteiger partial charge is 0.497 e. The molecule has 8 heteroatoms. The Bertz CT molecular complexity index is 596. The molecule has 1 aliphatic carbocycles. The Labute approximate surface area is 143 Å². The average molecular weight is 369 g/mol. The van der Waals surface area contributed by atoms with Crippen LogP contribution >= 0.6 is 24.0 Å². The maximum atomic E-state index is 12.6. The molecule has 2 rings (SSSR count). The Morgan fingerprint density at radius 3 is 2.68 bits per heavy atom. The molecule has 22 heavy (non-hydrogen) atoms. The predicted octanol–water partition coefficient (Wildman–Crippen LogP) is 2.57. The highest BCUT2D eigenvalue weighted by atomic mass is 35.5. The molecule has 3 N–H and O–H groups in total. The second-order valence-electron chi connectivity index (χ2n) is 5.30. The molecule has 0 radical (unpaired) electrons. The molecule has 1 saturated carbocycles. The quantitative estimate of drug-likeness (QED) is 0.836. The summed E-state index contributed by atoms with van der Waals surface area (Å²) in [4.78, 5) is 0.0462. The number of hydrogen-bond donors (Lipinski definition) is 2. The van der Waals surface area contributed by atoms with Crippen molar-refractivity contribution in [3.8, 4) is 5.75 Å². The van der Waals surface area contributed by atoms with Gasteiger partial charge in [-0.05, 0) is 37.4 Å². The van der Waals surface area contributed by atoms with Gasteiger partial charge in [0.1, 0.15) is 10.6 Å². The monoisotopic (exact) mass is 368 g/mol. The van der Waals surface area contributed by atoms with Gasteiger partial charge >= 0.3 is 0 Å². The average Bonchev–Trinajstić information content (AvgIpc) is 2.47. The van der Waals surface area contributed by atoms with Gasteiger partial charge in [-0.25, -0.2) is 13.1 Å². The summed E-state index contributed by atoms with van der Waals surface area (Å²) in [7, 11) is -2.20. The molecule has 1 fully saturated rings. The smallest absolute Gasteiger partial charge is 0.242 e. The van der Waals surface area contributed by atoms with Crippen LogP contribution in [0, 0.1) is 5.92 Å². The van der Waals surface area contributed by atoms with Crippen LogP contribution in [0.25, 0.3) is 0 Å². The summed E-state index contributed by atoms with van der Waals surface area (Å²) < 4.78 is 32.9. The molecule has 0 heterocycles. The van der Waals surface area contributed by atoms with E-state index in [1.165, 1.54) is 19.2 Å². The van der Waals surface area contributed by atoms with Gasteiger partial charge in [-0.15, -0.1) is 12.4 Å². The highest BCUT2D eigenvalue weighted by Crippen LogP contribution is 2.29. The predicted molar refractivity (Wildman–Crippen MR) is 90.4 cm³/mol. The second kappa shape index (κ2) is 8.36. The minimum absolute atomic E-state index is 0. The molecule has 0 bridgehead atoms. The molecule has 1 aromatic carbocycles. The topological polar surface area (TPSA) is 81.4 Å². The third-order valence-corrected chi connectivity index (χ3v) is 5.92. The minimum atomic E-state index is -3.68. The fourth-order valence-corrected chi connectivity index (χ4v) is 4.58. The standard InChI is InChI=1S/C14H21ClN2O3S.ClH/c1-20-11-6-7-12(15)14(8-11)21(18,19)17-13-5-3-2-4-10(13)9-16;/h6-8,10,13,17H,2-5,9,16H2,1H3;1H. The fourth-order valence-electron chi connectivity index (χ4n) is 2.72. The van der Waals surface area contributed by atoms with Crippen molar-refractivity contribution < 1.29 is 13.2 Å². The van der Waals surface area contributed by atoms with Crippen molar-refractivity contribution in [1.82, 2.24) is 4.72 Å². The molecule has 0 aliphatic heterocycles. The van der Waals surface area contributed by atoms with Crippen molar-refractivity contribution in [2.24, 2.45) is 11.7 Å². The van der Waals surface area contributed by atoms with Crippen LogP contribution in [0.4, 0.5) is 0 Å². The molecular formula is C14H22Cl2N2O3S. The van der Waals surface area contributed by atoms with Gasteiger partial charge in [-0.1, -0.05) is 24.4 Å². The lowest BCUT2D eigenvalue weighted by Gasteiger charge is -2.31. The molecular weight excluding hydrogens is 347 g/mol. The maximum absolute atomic E-state index is 12.6. The number of methoxy groups -OCH3 is 1. The first-order valence-corrected chi connectivity index (χ1v) is 8.90. The van der Waals surface area contributed by atoms with E-state index in [9.17, 15) is 8.42 Å². The lowest BCUT2D eigenvalue weighted by Crippen LogP contribution is -2.44. The third kappa shape index (κ3) is 4.49. The van der Waals surface area contributed by atoms with E-state index in [1.807, 2.05) is 0 Å². The summed E-state index contributed by atoms with van der Waals surface area (Å²) >= 11 is 6.03. The number of rotatable bonds is 5. The Morgan fingerprint density at radius 1 is 1.36 bits per heavy atom. The summed E-state index contributed by atoms with van der Waals surface area (Å²) in [6.45, 7) is 0.485. The normalized spacial score (nSPS) is 22.0. The van der Waals surface area contributed by atoms with Crippen LogP contribution in [0.5, 0.6) is 5.75 Å². The fraction of sp³-hybridized carbons (Fsp3) is 0.571. The van der Waals surface area contributed by atoms with Crippen molar-refractivity contribution in [2.45, 2.75) is 36.6 Å². The highest BCUT2D eigenvalue weighted by Gasteiger charge is 2.29. The van der Waals surface area contributed by atoms with E-state index in [1.54, 1.807) is 6.07 Å². The lowest BCUT2D eigenvalue weighted by molar-refractivity contribution is 0.296. The SMILES string of the molecule is COc1ccc(Cl)c(S(=O)(=O)NC2CCCCC2CN)c1.Cl. The van der Waals surface area contributed by atoms with Gasteiger partial charge in [-0.3, -0.25) is 0 Å². The van der Waals surface area contributed by atoms with Crippen LogP contribution < -0.4 is 15.2 Å². The Hall–Kier alpha value is -0.530. The van der Waals surface area contributed by atoms with Gasteiger partial charge in [0, 0.05) is 12.1 Å². The molecule has 0 aromatic heterocycles. The molecule has 1 aromatic rings. The maximum Gasteiger partial charge on any atom is 0.242 e. The highest BCUT2D eigenvalue weighted by molar-refractivity contribution is 7.89. The van der Waals surface area contributed by atoms with Crippen molar-refractivity contribution in [3.05, 3.63) is 23.2 Å². The number of ether oxygens (including phenoxy) is 1. The van der Waals surface area contributed by atoms with E-state index in [0.29, 0.717) is 12.3 Å². The summed E-state index contributed by atoms with van der Waals surface area (Å²) in [5, 5.41) is 0.184. The van der Waals surface area contributed by atoms with Crippen LogP contribution in [0.3, 0.4) is 0 Å². The van der Waals surface area contributed by atoms with Crippen LogP contribution in [0.1, 0.15) is 25.7 Å². The first kappa shape index (κ1) is 19.5. The molecule has 0 amide bonds. The van der Waals surface area contributed by atoms with Crippen molar-refractivity contribution >= 4 is 34.0 Å². The summed E-state index contributed by atoms with van der Waals surface area (Å²) in [6, 6.07) is 4.46. The number of halogens is 2. The number of nitrogens with one attached hydrogen (secondary N) is 1. The van der Waals surface area contributed by atoms with Gasteiger partial charge in [-0.2, -0.15) is 0 Å². The molecule has 1 aliphatic rings. The first-order chi connectivity index (χ1) is 9.97. The Kier molecular flexibility index (Phi) is 7.41. The molecule has 2 unspecified atom stereocenters. The molecule has 0 spiro atoms. The molecule has 126 valence electrons.